The first-order valence-electron chi connectivity index (χ1n) is 6.67. The summed E-state index contributed by atoms with van der Waals surface area (Å²) in [6.45, 7) is 2.72. The number of hydrogen-bond acceptors (Lipinski definition) is 3. The van der Waals surface area contributed by atoms with Crippen LogP contribution in [-0.2, 0) is 24.3 Å². The van der Waals surface area contributed by atoms with Gasteiger partial charge in [-0.15, -0.1) is 0 Å². The third-order valence-corrected chi connectivity index (χ3v) is 2.98. The molecule has 2 rings (SSSR count). The van der Waals surface area contributed by atoms with Crippen LogP contribution in [0.4, 0.5) is 4.79 Å². The van der Waals surface area contributed by atoms with Crippen LogP contribution in [-0.4, -0.2) is 11.1 Å². The predicted molar refractivity (Wildman–Crippen MR) is 77.1 cm³/mol. The Hall–Kier alpha value is -2.36. The molecule has 0 spiro atoms. The molecule has 1 amide bonds. The molecular formula is C16H18N2O2. The van der Waals surface area contributed by atoms with E-state index in [1.807, 2.05) is 42.5 Å². The number of hydrogen-bond donors (Lipinski definition) is 1. The van der Waals surface area contributed by atoms with Crippen LogP contribution in [0, 0.1) is 0 Å². The Bertz CT molecular complexity index is 555. The van der Waals surface area contributed by atoms with Crippen LogP contribution in [0.2, 0.25) is 0 Å². The molecule has 0 aliphatic rings. The zero-order valence-corrected chi connectivity index (χ0v) is 11.5. The van der Waals surface area contributed by atoms with Gasteiger partial charge in [0.15, 0.2) is 0 Å². The van der Waals surface area contributed by atoms with E-state index in [2.05, 4.69) is 17.2 Å². The van der Waals surface area contributed by atoms with Crippen molar-refractivity contribution in [2.24, 2.45) is 0 Å². The number of amides is 1. The van der Waals surface area contributed by atoms with E-state index in [4.69, 9.17) is 4.74 Å². The van der Waals surface area contributed by atoms with Gasteiger partial charge in [0.2, 0.25) is 0 Å². The van der Waals surface area contributed by atoms with Crippen molar-refractivity contribution in [3.8, 4) is 0 Å². The first-order chi connectivity index (χ1) is 9.79. The quantitative estimate of drug-likeness (QED) is 0.908. The highest BCUT2D eigenvalue weighted by molar-refractivity contribution is 5.67. The molecule has 2 aromatic rings. The lowest BCUT2D eigenvalue weighted by molar-refractivity contribution is 0.139. The molecule has 1 aromatic carbocycles. The number of aryl methyl sites for hydroxylation is 1. The lowest BCUT2D eigenvalue weighted by Gasteiger charge is -2.09. The fraction of sp³-hybridized carbons (Fsp3) is 0.250. The summed E-state index contributed by atoms with van der Waals surface area (Å²) in [5, 5.41) is 2.72. The first-order valence-corrected chi connectivity index (χ1v) is 6.67. The van der Waals surface area contributed by atoms with E-state index in [9.17, 15) is 4.79 Å². The molecule has 0 aliphatic carbocycles. The number of nitrogens with one attached hydrogen (secondary N) is 1. The predicted octanol–water partition coefficient (Wildman–Crippen LogP) is 3.07. The van der Waals surface area contributed by atoms with Gasteiger partial charge in [-0.2, -0.15) is 0 Å². The van der Waals surface area contributed by atoms with E-state index in [0.717, 1.165) is 23.2 Å². The summed E-state index contributed by atoms with van der Waals surface area (Å²) in [4.78, 5) is 15.9. The maximum absolute atomic E-state index is 11.6. The lowest BCUT2D eigenvalue weighted by atomic mass is 10.1. The summed E-state index contributed by atoms with van der Waals surface area (Å²) in [5.74, 6) is 0. The summed E-state index contributed by atoms with van der Waals surface area (Å²) in [6, 6.07) is 13.5. The van der Waals surface area contributed by atoms with Gasteiger partial charge in [0, 0.05) is 6.20 Å². The highest BCUT2D eigenvalue weighted by Crippen LogP contribution is 2.06. The van der Waals surface area contributed by atoms with Crippen molar-refractivity contribution in [2.75, 3.05) is 0 Å². The van der Waals surface area contributed by atoms with Crippen molar-refractivity contribution in [1.29, 1.82) is 0 Å². The van der Waals surface area contributed by atoms with Gasteiger partial charge in [-0.25, -0.2) is 4.79 Å². The number of pyridine rings is 1. The minimum Gasteiger partial charge on any atom is -0.445 e. The van der Waals surface area contributed by atoms with Crippen LogP contribution in [0.25, 0.3) is 0 Å². The number of carbonyl (C=O) groups excluding carboxylic acids is 1. The van der Waals surface area contributed by atoms with E-state index in [1.165, 1.54) is 0 Å². The summed E-state index contributed by atoms with van der Waals surface area (Å²) in [5.41, 5.74) is 2.98. The molecule has 4 nitrogen and oxygen atoms in total. The van der Waals surface area contributed by atoms with Gasteiger partial charge in [0.25, 0.3) is 0 Å². The van der Waals surface area contributed by atoms with Crippen molar-refractivity contribution < 1.29 is 9.53 Å². The molecule has 0 unspecified atom stereocenters. The molecule has 0 saturated heterocycles. The molecule has 104 valence electrons. The van der Waals surface area contributed by atoms with Crippen LogP contribution in [0.3, 0.4) is 0 Å². The number of alkyl carbamates (subject to hydrolysis) is 1. The van der Waals surface area contributed by atoms with E-state index < -0.39 is 6.09 Å². The monoisotopic (exact) mass is 270 g/mol. The number of ether oxygens (including phenoxy) is 1. The number of benzene rings is 1. The van der Waals surface area contributed by atoms with Crippen molar-refractivity contribution in [1.82, 2.24) is 10.3 Å². The molecule has 1 aromatic heterocycles. The molecule has 0 fully saturated rings. The molecule has 1 N–H and O–H groups in total. The SMILES string of the molecule is CCc1cccnc1CNC(=O)OCc1ccccc1. The summed E-state index contributed by atoms with van der Waals surface area (Å²) < 4.78 is 5.15. The van der Waals surface area contributed by atoms with E-state index >= 15 is 0 Å². The van der Waals surface area contributed by atoms with Gasteiger partial charge in [-0.05, 0) is 23.6 Å². The van der Waals surface area contributed by atoms with Gasteiger partial charge >= 0.3 is 6.09 Å². The van der Waals surface area contributed by atoms with Crippen LogP contribution < -0.4 is 5.32 Å². The minimum atomic E-state index is -0.429. The van der Waals surface area contributed by atoms with Gasteiger partial charge in [0.1, 0.15) is 6.61 Å². The van der Waals surface area contributed by atoms with Crippen molar-refractivity contribution >= 4 is 6.09 Å². The average Bonchev–Trinajstić information content (AvgIpc) is 2.52. The van der Waals surface area contributed by atoms with E-state index in [-0.39, 0.29) is 6.61 Å². The van der Waals surface area contributed by atoms with Crippen LogP contribution in [0.1, 0.15) is 23.7 Å². The minimum absolute atomic E-state index is 0.273. The zero-order valence-electron chi connectivity index (χ0n) is 11.5. The van der Waals surface area contributed by atoms with Crippen LogP contribution in [0.15, 0.2) is 48.7 Å². The molecular weight excluding hydrogens is 252 g/mol. The molecule has 0 bridgehead atoms. The number of aromatic nitrogens is 1. The number of carbonyl (C=O) groups is 1. The summed E-state index contributed by atoms with van der Waals surface area (Å²) in [6.07, 6.45) is 2.19. The fourth-order valence-corrected chi connectivity index (χ4v) is 1.88. The second-order valence-electron chi connectivity index (χ2n) is 4.38. The van der Waals surface area contributed by atoms with Gasteiger partial charge in [0.05, 0.1) is 12.2 Å². The Labute approximate surface area is 118 Å². The Kier molecular flexibility index (Phi) is 5.12. The number of rotatable bonds is 5. The second-order valence-corrected chi connectivity index (χ2v) is 4.38. The lowest BCUT2D eigenvalue weighted by Crippen LogP contribution is -2.24. The summed E-state index contributed by atoms with van der Waals surface area (Å²) >= 11 is 0. The Morgan fingerprint density at radius 1 is 1.20 bits per heavy atom. The van der Waals surface area contributed by atoms with E-state index in [1.54, 1.807) is 6.20 Å². The Balaban J connectivity index is 1.80. The third-order valence-electron chi connectivity index (χ3n) is 2.98. The second kappa shape index (κ2) is 7.28. The van der Waals surface area contributed by atoms with Crippen molar-refractivity contribution in [3.05, 3.63) is 65.5 Å². The normalized spacial score (nSPS) is 10.1. The van der Waals surface area contributed by atoms with Crippen LogP contribution >= 0.6 is 0 Å². The Morgan fingerprint density at radius 2 is 2.00 bits per heavy atom. The van der Waals surface area contributed by atoms with E-state index in [0.29, 0.717) is 6.54 Å². The Morgan fingerprint density at radius 3 is 2.75 bits per heavy atom. The molecule has 1 heterocycles. The third kappa shape index (κ3) is 4.09. The standard InChI is InChI=1S/C16H18N2O2/c1-2-14-9-6-10-17-15(14)11-18-16(19)20-12-13-7-4-3-5-8-13/h3-10H,2,11-12H2,1H3,(H,18,19). The van der Waals surface area contributed by atoms with Crippen LogP contribution in [0.5, 0.6) is 0 Å². The van der Waals surface area contributed by atoms with Gasteiger partial charge in [-0.3, -0.25) is 4.98 Å². The highest BCUT2D eigenvalue weighted by Gasteiger charge is 2.05. The number of nitrogens with zero attached hydrogens (tertiary/aromatic N) is 1. The smallest absolute Gasteiger partial charge is 0.407 e. The zero-order chi connectivity index (χ0) is 14.2. The molecule has 20 heavy (non-hydrogen) atoms. The van der Waals surface area contributed by atoms with Gasteiger partial charge < -0.3 is 10.1 Å². The molecule has 0 aliphatic heterocycles. The molecule has 4 heteroatoms. The highest BCUT2D eigenvalue weighted by atomic mass is 16.5. The fourth-order valence-electron chi connectivity index (χ4n) is 1.88. The van der Waals surface area contributed by atoms with Crippen molar-refractivity contribution in [2.45, 2.75) is 26.5 Å². The molecule has 0 atom stereocenters. The topological polar surface area (TPSA) is 51.2 Å². The maximum Gasteiger partial charge on any atom is 0.407 e. The first kappa shape index (κ1) is 14.1. The molecule has 0 radical (unpaired) electrons. The molecule has 0 saturated carbocycles. The maximum atomic E-state index is 11.6. The van der Waals surface area contributed by atoms with Crippen molar-refractivity contribution in [3.63, 3.8) is 0 Å². The van der Waals surface area contributed by atoms with Gasteiger partial charge in [-0.1, -0.05) is 43.3 Å². The largest absolute Gasteiger partial charge is 0.445 e. The summed E-state index contributed by atoms with van der Waals surface area (Å²) in [7, 11) is 0. The average molecular weight is 270 g/mol.